The average molecular weight is 397 g/mol. The molecule has 1 aliphatic heterocycles. The number of benzene rings is 2. The average Bonchev–Trinajstić information content (AvgIpc) is 3.01. The second-order valence-corrected chi connectivity index (χ2v) is 5.94. The van der Waals surface area contributed by atoms with Gasteiger partial charge in [-0.15, -0.1) is 0 Å². The van der Waals surface area contributed by atoms with Gasteiger partial charge in [-0.05, 0) is 34.1 Å². The quantitative estimate of drug-likeness (QED) is 0.832. The molecule has 0 aliphatic carbocycles. The molecule has 0 bridgehead atoms. The summed E-state index contributed by atoms with van der Waals surface area (Å²) in [6.45, 7) is 0. The maximum Gasteiger partial charge on any atom is 0.268 e. The zero-order chi connectivity index (χ0) is 17.3. The number of hydrogen-bond acceptors (Lipinski definition) is 4. The molecule has 0 fully saturated rings. The number of nitrogens with zero attached hydrogens (tertiary/aromatic N) is 1. The fourth-order valence-electron chi connectivity index (χ4n) is 2.26. The van der Waals surface area contributed by atoms with Gasteiger partial charge in [0.2, 0.25) is 6.10 Å². The van der Waals surface area contributed by atoms with Crippen LogP contribution in [0.5, 0.6) is 5.75 Å². The molecule has 2 aromatic rings. The number of oxime groups is 1. The van der Waals surface area contributed by atoms with Gasteiger partial charge in [0.05, 0.1) is 11.4 Å². The Labute approximate surface area is 144 Å². The molecule has 124 valence electrons. The minimum absolute atomic E-state index is 0.0215. The lowest BCUT2D eigenvalue weighted by Crippen LogP contribution is -2.28. The third kappa shape index (κ3) is 3.23. The van der Waals surface area contributed by atoms with E-state index in [1.807, 2.05) is 0 Å². The van der Waals surface area contributed by atoms with Crippen LogP contribution < -0.4 is 5.32 Å². The largest absolute Gasteiger partial charge is 0.507 e. The van der Waals surface area contributed by atoms with Crippen LogP contribution in [0, 0.1) is 11.6 Å². The van der Waals surface area contributed by atoms with Crippen LogP contribution in [-0.2, 0) is 9.63 Å². The van der Waals surface area contributed by atoms with E-state index in [2.05, 4.69) is 26.4 Å². The molecule has 1 aliphatic rings. The Hall–Kier alpha value is -2.48. The Bertz CT molecular complexity index is 819. The van der Waals surface area contributed by atoms with Gasteiger partial charge in [0.1, 0.15) is 11.6 Å². The molecule has 3 rings (SSSR count). The van der Waals surface area contributed by atoms with Crippen LogP contribution in [0.2, 0.25) is 0 Å². The molecule has 5 nitrogen and oxygen atoms in total. The summed E-state index contributed by atoms with van der Waals surface area (Å²) >= 11 is 3.00. The van der Waals surface area contributed by atoms with Crippen LogP contribution in [0.25, 0.3) is 0 Å². The summed E-state index contributed by atoms with van der Waals surface area (Å²) in [6, 6.07) is 8.23. The SMILES string of the molecule is O=C(Nc1c(F)cc(F)cc1Br)[C@H]1CC(c2ccccc2O)=NO1. The summed E-state index contributed by atoms with van der Waals surface area (Å²) < 4.78 is 26.9. The van der Waals surface area contributed by atoms with Gasteiger partial charge in [-0.2, -0.15) is 0 Å². The smallest absolute Gasteiger partial charge is 0.268 e. The Morgan fingerprint density at radius 1 is 1.33 bits per heavy atom. The van der Waals surface area contributed by atoms with Crippen molar-refractivity contribution in [3.63, 3.8) is 0 Å². The van der Waals surface area contributed by atoms with Gasteiger partial charge in [0.25, 0.3) is 5.91 Å². The molecule has 24 heavy (non-hydrogen) atoms. The van der Waals surface area contributed by atoms with Crippen molar-refractivity contribution >= 4 is 33.2 Å². The molecule has 2 aromatic carbocycles. The van der Waals surface area contributed by atoms with Crippen LogP contribution >= 0.6 is 15.9 Å². The highest BCUT2D eigenvalue weighted by Crippen LogP contribution is 2.28. The maximum absolute atomic E-state index is 13.8. The minimum Gasteiger partial charge on any atom is -0.507 e. The lowest BCUT2D eigenvalue weighted by atomic mass is 10.0. The molecule has 0 radical (unpaired) electrons. The number of nitrogens with one attached hydrogen (secondary N) is 1. The fraction of sp³-hybridized carbons (Fsp3) is 0.125. The molecule has 2 N–H and O–H groups in total. The van der Waals surface area contributed by atoms with Crippen LogP contribution in [0.15, 0.2) is 46.0 Å². The molecule has 0 spiro atoms. The normalized spacial score (nSPS) is 16.5. The Morgan fingerprint density at radius 2 is 2.08 bits per heavy atom. The second kappa shape index (κ2) is 6.56. The molecular formula is C16H11BrF2N2O3. The second-order valence-electron chi connectivity index (χ2n) is 5.09. The van der Waals surface area contributed by atoms with E-state index < -0.39 is 23.6 Å². The summed E-state index contributed by atoms with van der Waals surface area (Å²) in [6.07, 6.45) is -0.861. The van der Waals surface area contributed by atoms with Gasteiger partial charge >= 0.3 is 0 Å². The van der Waals surface area contributed by atoms with E-state index >= 15 is 0 Å². The molecule has 0 unspecified atom stereocenters. The first-order valence-corrected chi connectivity index (χ1v) is 7.71. The lowest BCUT2D eigenvalue weighted by molar-refractivity contribution is -0.125. The minimum atomic E-state index is -0.976. The zero-order valence-corrected chi connectivity index (χ0v) is 13.7. The van der Waals surface area contributed by atoms with Crippen molar-refractivity contribution in [1.29, 1.82) is 0 Å². The van der Waals surface area contributed by atoms with Crippen LogP contribution in [0.4, 0.5) is 14.5 Å². The molecule has 1 amide bonds. The number of anilines is 1. The summed E-state index contributed by atoms with van der Waals surface area (Å²) in [5.74, 6) is -2.28. The molecular weight excluding hydrogens is 386 g/mol. The highest BCUT2D eigenvalue weighted by molar-refractivity contribution is 9.10. The number of phenolic OH excluding ortho intramolecular Hbond substituents is 1. The summed E-state index contributed by atoms with van der Waals surface area (Å²) in [5.41, 5.74) is 0.690. The van der Waals surface area contributed by atoms with E-state index in [0.29, 0.717) is 17.3 Å². The van der Waals surface area contributed by atoms with Crippen LogP contribution in [0.3, 0.4) is 0 Å². The van der Waals surface area contributed by atoms with E-state index in [1.165, 1.54) is 6.07 Å². The van der Waals surface area contributed by atoms with E-state index in [-0.39, 0.29) is 22.3 Å². The van der Waals surface area contributed by atoms with Gasteiger partial charge in [-0.25, -0.2) is 8.78 Å². The van der Waals surface area contributed by atoms with E-state index in [0.717, 1.165) is 6.07 Å². The highest BCUT2D eigenvalue weighted by atomic mass is 79.9. The zero-order valence-electron chi connectivity index (χ0n) is 12.1. The number of carbonyl (C=O) groups excluding carboxylic acids is 1. The monoisotopic (exact) mass is 396 g/mol. The number of amides is 1. The van der Waals surface area contributed by atoms with Gasteiger partial charge in [-0.1, -0.05) is 17.3 Å². The molecule has 1 atom stereocenters. The number of para-hydroxylation sites is 1. The van der Waals surface area contributed by atoms with Crippen molar-refractivity contribution in [2.75, 3.05) is 5.32 Å². The first-order valence-electron chi connectivity index (χ1n) is 6.92. The summed E-state index contributed by atoms with van der Waals surface area (Å²) in [5, 5.41) is 15.9. The first-order chi connectivity index (χ1) is 11.5. The van der Waals surface area contributed by atoms with Crippen molar-refractivity contribution in [3.05, 3.63) is 58.1 Å². The topological polar surface area (TPSA) is 70.9 Å². The number of halogens is 3. The standard InChI is InChI=1S/C16H11BrF2N2O3/c17-10-5-8(18)6-11(19)15(10)20-16(23)14-7-12(21-24-14)9-3-1-2-4-13(9)22/h1-6,14,22H,7H2,(H,20,23)/t14-/m1/s1. The van der Waals surface area contributed by atoms with Gasteiger partial charge in [0, 0.05) is 22.5 Å². The molecule has 8 heteroatoms. The third-order valence-corrected chi connectivity index (χ3v) is 4.06. The highest BCUT2D eigenvalue weighted by Gasteiger charge is 2.30. The summed E-state index contributed by atoms with van der Waals surface area (Å²) in [7, 11) is 0. The maximum atomic E-state index is 13.8. The fourth-order valence-corrected chi connectivity index (χ4v) is 2.77. The number of phenols is 1. The lowest BCUT2D eigenvalue weighted by Gasteiger charge is -2.12. The molecule has 0 saturated heterocycles. The Morgan fingerprint density at radius 3 is 2.79 bits per heavy atom. The van der Waals surface area contributed by atoms with Crippen LogP contribution in [-0.4, -0.2) is 22.8 Å². The number of hydrogen-bond donors (Lipinski definition) is 2. The van der Waals surface area contributed by atoms with Gasteiger partial charge in [-0.3, -0.25) is 4.79 Å². The predicted octanol–water partition coefficient (Wildman–Crippen LogP) is 3.56. The van der Waals surface area contributed by atoms with Crippen molar-refractivity contribution < 1.29 is 23.5 Å². The van der Waals surface area contributed by atoms with E-state index in [9.17, 15) is 18.7 Å². The Kier molecular flexibility index (Phi) is 4.48. The molecule has 0 saturated carbocycles. The van der Waals surface area contributed by atoms with Crippen molar-refractivity contribution in [1.82, 2.24) is 0 Å². The summed E-state index contributed by atoms with van der Waals surface area (Å²) in [4.78, 5) is 17.3. The Balaban J connectivity index is 1.72. The van der Waals surface area contributed by atoms with E-state index in [4.69, 9.17) is 4.84 Å². The molecule has 0 aromatic heterocycles. The number of rotatable bonds is 3. The van der Waals surface area contributed by atoms with Gasteiger partial charge < -0.3 is 15.3 Å². The van der Waals surface area contributed by atoms with Gasteiger partial charge in [0.15, 0.2) is 5.82 Å². The predicted molar refractivity (Wildman–Crippen MR) is 86.8 cm³/mol. The first kappa shape index (κ1) is 16.4. The molecule has 1 heterocycles. The number of carbonyl (C=O) groups is 1. The van der Waals surface area contributed by atoms with Crippen molar-refractivity contribution in [3.8, 4) is 5.75 Å². The van der Waals surface area contributed by atoms with Crippen molar-refractivity contribution in [2.45, 2.75) is 12.5 Å². The van der Waals surface area contributed by atoms with Crippen molar-refractivity contribution in [2.24, 2.45) is 5.16 Å². The third-order valence-electron chi connectivity index (χ3n) is 3.43. The van der Waals surface area contributed by atoms with Crippen LogP contribution in [0.1, 0.15) is 12.0 Å². The number of aromatic hydroxyl groups is 1. The van der Waals surface area contributed by atoms with E-state index in [1.54, 1.807) is 18.2 Å².